The van der Waals surface area contributed by atoms with Crippen LogP contribution >= 0.6 is 11.6 Å². The molecule has 3 unspecified atom stereocenters. The molecule has 7 nitrogen and oxygen atoms in total. The van der Waals surface area contributed by atoms with Gasteiger partial charge in [0.1, 0.15) is 11.6 Å². The van der Waals surface area contributed by atoms with Gasteiger partial charge in [0.05, 0.1) is 17.9 Å². The van der Waals surface area contributed by atoms with Crippen molar-refractivity contribution in [3.63, 3.8) is 0 Å². The van der Waals surface area contributed by atoms with Gasteiger partial charge in [0, 0.05) is 11.7 Å². The van der Waals surface area contributed by atoms with Crippen molar-refractivity contribution >= 4 is 23.2 Å². The predicted octanol–water partition coefficient (Wildman–Crippen LogP) is 3.30. The Morgan fingerprint density at radius 3 is 2.81 bits per heavy atom. The number of aromatic nitrogens is 3. The lowest BCUT2D eigenvalue weighted by atomic mass is 9.80. The van der Waals surface area contributed by atoms with Crippen LogP contribution in [0.25, 0.3) is 0 Å². The van der Waals surface area contributed by atoms with E-state index in [2.05, 4.69) is 20.7 Å². The highest BCUT2D eigenvalue weighted by molar-refractivity contribution is 6.33. The number of anilines is 1. The number of nitrogens with zero attached hydrogens (tertiary/aromatic N) is 3. The molecule has 4 fully saturated rings. The number of nitrogens with one attached hydrogen (secondary N) is 2. The minimum Gasteiger partial charge on any atom is -0.377 e. The topological polar surface area (TPSA) is 88.9 Å². The second kappa shape index (κ2) is 7.58. The molecule has 2 aromatic rings. The fourth-order valence-corrected chi connectivity index (χ4v) is 6.32. The molecule has 0 aromatic carbocycles. The van der Waals surface area contributed by atoms with Crippen molar-refractivity contribution in [1.29, 1.82) is 0 Å². The van der Waals surface area contributed by atoms with Gasteiger partial charge >= 0.3 is 0 Å². The van der Waals surface area contributed by atoms with Crippen molar-refractivity contribution < 1.29 is 9.18 Å². The average molecular weight is 446 g/mol. The molecule has 4 aliphatic carbocycles. The average Bonchev–Trinajstić information content (AvgIpc) is 3.11. The number of carbonyl (C=O) groups is 1. The van der Waals surface area contributed by atoms with Crippen LogP contribution in [0.5, 0.6) is 0 Å². The van der Waals surface area contributed by atoms with Crippen molar-refractivity contribution in [3.05, 3.63) is 51.4 Å². The lowest BCUT2D eigenvalue weighted by molar-refractivity contribution is -0.122. The second-order valence-corrected chi connectivity index (χ2v) is 9.74. The molecule has 4 aliphatic rings. The molecule has 2 N–H and O–H groups in total. The summed E-state index contributed by atoms with van der Waals surface area (Å²) in [5, 5.41) is 10.6. The normalized spacial score (nSPS) is 29.2. The summed E-state index contributed by atoms with van der Waals surface area (Å²) in [7, 11) is 0. The van der Waals surface area contributed by atoms with Crippen LogP contribution in [0.4, 0.5) is 10.1 Å². The van der Waals surface area contributed by atoms with Crippen molar-refractivity contribution in [2.24, 2.45) is 17.8 Å². The fraction of sp³-hybridized carbons (Fsp3) is 0.545. The standard InChI is InChI=1S/C22H25ClFN5O2/c1-12(15-2-3-25-18(24)7-15)27-19(30)11-29-21(31)20(23)17(10-26-29)28-22-8-13-4-14(9-22)6-16(22)5-13/h2-3,7,10,12-14,16,28H,4-6,8-9,11H2,1H3,(H,27,30). The monoisotopic (exact) mass is 445 g/mol. The number of hydrogen-bond donors (Lipinski definition) is 2. The third kappa shape index (κ3) is 3.71. The molecule has 6 rings (SSSR count). The van der Waals surface area contributed by atoms with E-state index in [9.17, 15) is 14.0 Å². The van der Waals surface area contributed by atoms with Crippen LogP contribution in [-0.2, 0) is 11.3 Å². The fourth-order valence-electron chi connectivity index (χ4n) is 6.13. The van der Waals surface area contributed by atoms with Gasteiger partial charge in [-0.15, -0.1) is 0 Å². The molecule has 3 atom stereocenters. The summed E-state index contributed by atoms with van der Waals surface area (Å²) in [6.45, 7) is 1.46. The summed E-state index contributed by atoms with van der Waals surface area (Å²) in [6.07, 6.45) is 8.98. The van der Waals surface area contributed by atoms with Gasteiger partial charge in [0.2, 0.25) is 11.9 Å². The Bertz CT molecular complexity index is 1080. The number of halogens is 2. The highest BCUT2D eigenvalue weighted by Gasteiger charge is 2.57. The third-order valence-electron chi connectivity index (χ3n) is 7.28. The van der Waals surface area contributed by atoms with E-state index < -0.39 is 23.5 Å². The number of rotatable bonds is 6. The zero-order valence-electron chi connectivity index (χ0n) is 17.3. The van der Waals surface area contributed by atoms with Crippen LogP contribution in [0.15, 0.2) is 29.3 Å². The first-order valence-electron chi connectivity index (χ1n) is 10.8. The maximum absolute atomic E-state index is 13.3. The van der Waals surface area contributed by atoms with Gasteiger partial charge in [-0.25, -0.2) is 9.67 Å². The van der Waals surface area contributed by atoms with Gasteiger partial charge < -0.3 is 10.6 Å². The van der Waals surface area contributed by atoms with E-state index in [0.29, 0.717) is 17.2 Å². The molecule has 2 aromatic heterocycles. The van der Waals surface area contributed by atoms with Crippen molar-refractivity contribution in [1.82, 2.24) is 20.1 Å². The molecule has 0 aliphatic heterocycles. The summed E-state index contributed by atoms with van der Waals surface area (Å²) >= 11 is 6.40. The summed E-state index contributed by atoms with van der Waals surface area (Å²) in [5.74, 6) is 1.16. The molecule has 1 amide bonds. The Balaban J connectivity index is 1.27. The Hall–Kier alpha value is -2.48. The molecule has 2 heterocycles. The zero-order valence-corrected chi connectivity index (χ0v) is 18.0. The number of amides is 1. The Morgan fingerprint density at radius 2 is 2.10 bits per heavy atom. The summed E-state index contributed by atoms with van der Waals surface area (Å²) in [4.78, 5) is 28.7. The van der Waals surface area contributed by atoms with Crippen molar-refractivity contribution in [2.75, 3.05) is 5.32 Å². The van der Waals surface area contributed by atoms with Gasteiger partial charge in [-0.3, -0.25) is 9.59 Å². The third-order valence-corrected chi connectivity index (χ3v) is 7.64. The van der Waals surface area contributed by atoms with Crippen LogP contribution in [-0.4, -0.2) is 26.2 Å². The molecule has 9 heteroatoms. The van der Waals surface area contributed by atoms with Gasteiger partial charge in [0.15, 0.2) is 0 Å². The van der Waals surface area contributed by atoms with E-state index in [1.165, 1.54) is 31.5 Å². The molecular weight excluding hydrogens is 421 g/mol. The zero-order chi connectivity index (χ0) is 21.8. The van der Waals surface area contributed by atoms with E-state index in [1.54, 1.807) is 19.2 Å². The lowest BCUT2D eigenvalue weighted by Gasteiger charge is -2.35. The van der Waals surface area contributed by atoms with E-state index in [1.807, 2.05) is 0 Å². The minimum atomic E-state index is -0.616. The first-order chi connectivity index (χ1) is 14.8. The predicted molar refractivity (Wildman–Crippen MR) is 114 cm³/mol. The smallest absolute Gasteiger partial charge is 0.288 e. The Morgan fingerprint density at radius 1 is 1.35 bits per heavy atom. The first-order valence-corrected chi connectivity index (χ1v) is 11.2. The van der Waals surface area contributed by atoms with Crippen LogP contribution in [0, 0.1) is 23.7 Å². The van der Waals surface area contributed by atoms with Crippen LogP contribution < -0.4 is 16.2 Å². The maximum atomic E-state index is 13.3. The maximum Gasteiger partial charge on any atom is 0.288 e. The Kier molecular flexibility index (Phi) is 5.00. The van der Waals surface area contributed by atoms with E-state index >= 15 is 0 Å². The largest absolute Gasteiger partial charge is 0.377 e. The molecule has 31 heavy (non-hydrogen) atoms. The molecule has 4 bridgehead atoms. The highest BCUT2D eigenvalue weighted by atomic mass is 35.5. The highest BCUT2D eigenvalue weighted by Crippen LogP contribution is 2.61. The minimum absolute atomic E-state index is 0.0319. The van der Waals surface area contributed by atoms with Crippen molar-refractivity contribution in [2.45, 2.75) is 57.2 Å². The van der Waals surface area contributed by atoms with Crippen molar-refractivity contribution in [3.8, 4) is 0 Å². The van der Waals surface area contributed by atoms with Gasteiger partial charge in [0.25, 0.3) is 5.56 Å². The molecular formula is C22H25ClFN5O2. The van der Waals surface area contributed by atoms with Crippen LogP contribution in [0.1, 0.15) is 50.6 Å². The van der Waals surface area contributed by atoms with E-state index in [-0.39, 0.29) is 17.1 Å². The summed E-state index contributed by atoms with van der Waals surface area (Å²) in [6, 6.07) is 2.44. The Labute approximate surface area is 184 Å². The molecule has 4 saturated carbocycles. The second-order valence-electron chi connectivity index (χ2n) is 9.36. The number of carbonyl (C=O) groups excluding carboxylic acids is 1. The molecule has 164 valence electrons. The van der Waals surface area contributed by atoms with E-state index in [0.717, 1.165) is 29.4 Å². The molecule has 0 spiro atoms. The van der Waals surface area contributed by atoms with Crippen LogP contribution in [0.2, 0.25) is 5.02 Å². The van der Waals surface area contributed by atoms with Crippen LogP contribution in [0.3, 0.4) is 0 Å². The lowest BCUT2D eigenvalue weighted by Crippen LogP contribution is -2.41. The number of hydrogen-bond acceptors (Lipinski definition) is 5. The SMILES string of the molecule is CC(NC(=O)Cn1ncc(NC23CC4CC(CC2C4)C3)c(Cl)c1=O)c1ccnc(F)c1. The van der Waals surface area contributed by atoms with Gasteiger partial charge in [-0.05, 0) is 74.5 Å². The quantitative estimate of drug-likeness (QED) is 0.666. The van der Waals surface area contributed by atoms with Gasteiger partial charge in [-0.1, -0.05) is 11.6 Å². The first kappa shape index (κ1) is 20.4. The molecule has 0 radical (unpaired) electrons. The summed E-state index contributed by atoms with van der Waals surface area (Å²) < 4.78 is 14.4. The van der Waals surface area contributed by atoms with E-state index in [4.69, 9.17) is 11.6 Å². The summed E-state index contributed by atoms with van der Waals surface area (Å²) in [5.41, 5.74) is 0.666. The van der Waals surface area contributed by atoms with Gasteiger partial charge in [-0.2, -0.15) is 9.49 Å². The molecule has 0 saturated heterocycles. The number of pyridine rings is 1.